The van der Waals surface area contributed by atoms with Crippen LogP contribution in [0.25, 0.3) is 0 Å². The minimum atomic E-state index is -1.79. The highest BCUT2D eigenvalue weighted by Crippen LogP contribution is 2.75. The Balaban J connectivity index is 1.25. The second kappa shape index (κ2) is 16.1. The fourth-order valence-electron chi connectivity index (χ4n) is 13.1. The molecule has 6 aliphatic rings. The van der Waals surface area contributed by atoms with Crippen LogP contribution < -0.4 is 0 Å². The maximum Gasteiger partial charge on any atom is 0.187 e. The van der Waals surface area contributed by atoms with Crippen LogP contribution in [0, 0.1) is 45.3 Å². The van der Waals surface area contributed by atoms with Crippen molar-refractivity contribution in [2.24, 2.45) is 45.3 Å². The SMILES string of the molecule is CC(C)=CCC[C@@](C)(O)[C@H]1CC[C@]2(C)[C@@H]1[C@H](O)C[C@@H]1[C@]3(C=O)CC[C@@H](O[C@@H]4O[C@H](CO)[C@@H](O)[C@H](O)[C@H]4O[C@@H]4O[C@H](CO)[C@@H](O)[C@H](O)[C@H]4O)C(C)(C)[C@H]3CC[C@]12C. The molecule has 4 saturated carbocycles. The zero-order chi connectivity index (χ0) is 41.3. The summed E-state index contributed by atoms with van der Waals surface area (Å²) < 4.78 is 24.2. The predicted molar refractivity (Wildman–Crippen MR) is 201 cm³/mol. The van der Waals surface area contributed by atoms with Crippen LogP contribution in [0.1, 0.15) is 106 Å². The van der Waals surface area contributed by atoms with Gasteiger partial charge in [0, 0.05) is 5.41 Å². The van der Waals surface area contributed by atoms with Crippen molar-refractivity contribution in [2.75, 3.05) is 13.2 Å². The van der Waals surface area contributed by atoms with E-state index < -0.39 is 103 Å². The summed E-state index contributed by atoms with van der Waals surface area (Å²) in [6, 6.07) is 0. The highest BCUT2D eigenvalue weighted by molar-refractivity contribution is 5.62. The van der Waals surface area contributed by atoms with Crippen LogP contribution in [-0.2, 0) is 23.7 Å². The monoisotopic (exact) mass is 798 g/mol. The summed E-state index contributed by atoms with van der Waals surface area (Å²) in [5, 5.41) is 97.3. The first kappa shape index (κ1) is 44.4. The van der Waals surface area contributed by atoms with Gasteiger partial charge in [-0.1, -0.05) is 39.3 Å². The van der Waals surface area contributed by atoms with E-state index in [2.05, 4.69) is 33.8 Å². The van der Waals surface area contributed by atoms with Crippen LogP contribution in [0.5, 0.6) is 0 Å². The minimum Gasteiger partial charge on any atom is -0.394 e. The number of aliphatic hydroxyl groups excluding tert-OH is 8. The lowest BCUT2D eigenvalue weighted by Crippen LogP contribution is -2.68. The lowest BCUT2D eigenvalue weighted by atomic mass is 9.35. The summed E-state index contributed by atoms with van der Waals surface area (Å²) in [5.74, 6) is -0.468. The Hall–Kier alpha value is -1.11. The molecular weight excluding hydrogens is 728 g/mol. The predicted octanol–water partition coefficient (Wildman–Crippen LogP) is 1.33. The highest BCUT2D eigenvalue weighted by atomic mass is 16.8. The molecule has 4 aliphatic carbocycles. The van der Waals surface area contributed by atoms with Crippen molar-refractivity contribution in [2.45, 2.75) is 185 Å². The van der Waals surface area contributed by atoms with Gasteiger partial charge in [0.1, 0.15) is 55.1 Å². The lowest BCUT2D eigenvalue weighted by molar-refractivity contribution is -0.378. The van der Waals surface area contributed by atoms with E-state index in [1.165, 1.54) is 5.57 Å². The van der Waals surface area contributed by atoms with E-state index in [1.54, 1.807) is 0 Å². The van der Waals surface area contributed by atoms with E-state index in [9.17, 15) is 50.8 Å². The Morgan fingerprint density at radius 1 is 0.768 bits per heavy atom. The average Bonchev–Trinajstić information content (AvgIpc) is 3.53. The van der Waals surface area contributed by atoms with Crippen molar-refractivity contribution in [3.63, 3.8) is 0 Å². The fraction of sp³-hybridized carbons (Fsp3) is 0.929. The van der Waals surface area contributed by atoms with Gasteiger partial charge in [-0.25, -0.2) is 0 Å². The summed E-state index contributed by atoms with van der Waals surface area (Å²) in [4.78, 5) is 13.8. The fourth-order valence-corrected chi connectivity index (χ4v) is 13.1. The summed E-state index contributed by atoms with van der Waals surface area (Å²) in [7, 11) is 0. The first-order valence-electron chi connectivity index (χ1n) is 20.9. The highest BCUT2D eigenvalue weighted by Gasteiger charge is 2.73. The molecule has 6 rings (SSSR count). The number of allylic oxidation sites excluding steroid dienone is 2. The van der Waals surface area contributed by atoms with Crippen molar-refractivity contribution in [3.05, 3.63) is 11.6 Å². The van der Waals surface area contributed by atoms with Gasteiger partial charge in [-0.15, -0.1) is 0 Å². The Morgan fingerprint density at radius 2 is 1.38 bits per heavy atom. The molecule has 0 amide bonds. The topological polar surface area (TPSA) is 236 Å². The maximum absolute atomic E-state index is 13.8. The Kier molecular flexibility index (Phi) is 12.7. The van der Waals surface area contributed by atoms with Gasteiger partial charge >= 0.3 is 0 Å². The normalized spacial score (nSPS) is 51.2. The Bertz CT molecular complexity index is 1420. The molecule has 322 valence electrons. The largest absolute Gasteiger partial charge is 0.394 e. The molecule has 0 radical (unpaired) electrons. The third-order valence-corrected chi connectivity index (χ3v) is 16.4. The van der Waals surface area contributed by atoms with Gasteiger partial charge in [0.25, 0.3) is 0 Å². The molecule has 0 aromatic rings. The molecule has 0 bridgehead atoms. The number of rotatable bonds is 11. The van der Waals surface area contributed by atoms with Crippen LogP contribution in [0.15, 0.2) is 11.6 Å². The zero-order valence-electron chi connectivity index (χ0n) is 34.2. The van der Waals surface area contributed by atoms with E-state index in [1.807, 2.05) is 20.8 Å². The average molecular weight is 799 g/mol. The van der Waals surface area contributed by atoms with E-state index in [-0.39, 0.29) is 34.5 Å². The molecule has 2 heterocycles. The Morgan fingerprint density at radius 3 is 1.98 bits per heavy atom. The number of ether oxygens (including phenoxy) is 4. The van der Waals surface area contributed by atoms with Crippen molar-refractivity contribution < 1.29 is 69.7 Å². The van der Waals surface area contributed by atoms with Gasteiger partial charge < -0.3 is 69.7 Å². The number of hydrogen-bond donors (Lipinski definition) is 9. The van der Waals surface area contributed by atoms with Crippen molar-refractivity contribution in [3.8, 4) is 0 Å². The lowest BCUT2D eigenvalue weighted by Gasteiger charge is -2.70. The van der Waals surface area contributed by atoms with Gasteiger partial charge in [-0.2, -0.15) is 0 Å². The van der Waals surface area contributed by atoms with Crippen LogP contribution in [-0.4, -0.2) is 145 Å². The third kappa shape index (κ3) is 7.07. The number of hydrogen-bond acceptors (Lipinski definition) is 14. The summed E-state index contributed by atoms with van der Waals surface area (Å²) >= 11 is 0. The van der Waals surface area contributed by atoms with Crippen molar-refractivity contribution in [1.29, 1.82) is 0 Å². The first-order valence-corrected chi connectivity index (χ1v) is 20.9. The van der Waals surface area contributed by atoms with Crippen molar-refractivity contribution in [1.82, 2.24) is 0 Å². The summed E-state index contributed by atoms with van der Waals surface area (Å²) in [6.07, 6.45) is -7.65. The quantitative estimate of drug-likeness (QED) is 0.0816. The van der Waals surface area contributed by atoms with Crippen LogP contribution in [0.4, 0.5) is 0 Å². The van der Waals surface area contributed by atoms with E-state index >= 15 is 0 Å². The molecule has 0 unspecified atom stereocenters. The van der Waals surface area contributed by atoms with Gasteiger partial charge in [-0.3, -0.25) is 0 Å². The number of carbonyl (C=O) groups is 1. The smallest absolute Gasteiger partial charge is 0.187 e. The van der Waals surface area contributed by atoms with E-state index in [0.29, 0.717) is 25.7 Å². The maximum atomic E-state index is 13.8. The molecule has 0 aromatic carbocycles. The van der Waals surface area contributed by atoms with Gasteiger partial charge in [0.05, 0.1) is 31.0 Å². The minimum absolute atomic E-state index is 0.0680. The molecule has 56 heavy (non-hydrogen) atoms. The zero-order valence-corrected chi connectivity index (χ0v) is 34.2. The number of fused-ring (bicyclic) bond motifs is 5. The molecule has 2 aliphatic heterocycles. The second-order valence-corrected chi connectivity index (χ2v) is 19.8. The van der Waals surface area contributed by atoms with Crippen LogP contribution in [0.2, 0.25) is 0 Å². The third-order valence-electron chi connectivity index (χ3n) is 16.4. The molecule has 14 heteroatoms. The number of aldehydes is 1. The van der Waals surface area contributed by atoms with Gasteiger partial charge in [0.15, 0.2) is 12.6 Å². The molecule has 6 fully saturated rings. The van der Waals surface area contributed by atoms with Gasteiger partial charge in [0.2, 0.25) is 0 Å². The number of carbonyl (C=O) groups excluding carboxylic acids is 1. The molecular formula is C42H70O14. The molecule has 0 spiro atoms. The van der Waals surface area contributed by atoms with Crippen LogP contribution in [0.3, 0.4) is 0 Å². The molecule has 14 nitrogen and oxygen atoms in total. The molecule has 9 N–H and O–H groups in total. The van der Waals surface area contributed by atoms with Crippen LogP contribution >= 0.6 is 0 Å². The number of aliphatic hydroxyl groups is 9. The van der Waals surface area contributed by atoms with E-state index in [0.717, 1.165) is 38.4 Å². The van der Waals surface area contributed by atoms with E-state index in [4.69, 9.17) is 18.9 Å². The molecule has 0 aromatic heterocycles. The molecule has 20 atom stereocenters. The van der Waals surface area contributed by atoms with Gasteiger partial charge in [-0.05, 0) is 118 Å². The Labute approximate surface area is 331 Å². The summed E-state index contributed by atoms with van der Waals surface area (Å²) in [6.45, 7) is 13.4. The van der Waals surface area contributed by atoms with Crippen molar-refractivity contribution >= 4 is 6.29 Å². The second-order valence-electron chi connectivity index (χ2n) is 19.8. The summed E-state index contributed by atoms with van der Waals surface area (Å²) in [5.41, 5.74) is -1.77. The standard InChI is InChI=1S/C42H70O14/c1-21(2)9-8-13-41(7,52)22-10-14-40(6)29(22)23(46)17-27-39(40,5)15-11-26-38(3,4)28(12-16-42(26,27)20-45)55-37-35(33(50)31(48)25(19-44)54-37)56-36-34(51)32(49)30(47)24(18-43)53-36/h9,20,22-37,43-44,46-52H,8,10-19H2,1-7H3/t22-,23+,24+,25+,26+,27-,28+,29-,30+,31+,32-,33-,34+,35+,36-,37-,39+,40+,41+,42-/m0/s1. The first-order chi connectivity index (χ1) is 26.1. The molecule has 2 saturated heterocycles.